The van der Waals surface area contributed by atoms with Gasteiger partial charge in [-0.15, -0.1) is 0 Å². The van der Waals surface area contributed by atoms with Crippen LogP contribution in [0.1, 0.15) is 5.56 Å². The molecule has 0 bridgehead atoms. The number of anilines is 1. The van der Waals surface area contributed by atoms with Gasteiger partial charge in [0.25, 0.3) is 5.69 Å². The molecule has 0 saturated carbocycles. The van der Waals surface area contributed by atoms with Crippen LogP contribution >= 0.6 is 0 Å². The highest BCUT2D eigenvalue weighted by Crippen LogP contribution is 2.29. The van der Waals surface area contributed by atoms with Gasteiger partial charge in [-0.2, -0.15) is 0 Å². The Morgan fingerprint density at radius 1 is 1.43 bits per heavy atom. The molecule has 0 amide bonds. The van der Waals surface area contributed by atoms with Crippen molar-refractivity contribution in [2.45, 2.75) is 11.8 Å². The molecule has 21 heavy (non-hydrogen) atoms. The summed E-state index contributed by atoms with van der Waals surface area (Å²) in [5, 5.41) is 10.9. The quantitative estimate of drug-likeness (QED) is 0.356. The van der Waals surface area contributed by atoms with E-state index in [1.54, 1.807) is 0 Å². The fourth-order valence-corrected chi connectivity index (χ4v) is 3.43. The molecule has 1 unspecified atom stereocenters. The van der Waals surface area contributed by atoms with Crippen molar-refractivity contribution < 1.29 is 17.6 Å². The Kier molecular flexibility index (Phi) is 5.78. The first-order valence-corrected chi connectivity index (χ1v) is 8.95. The molecule has 0 saturated heterocycles. The minimum Gasteiger partial charge on any atom is -0.318 e. The first-order chi connectivity index (χ1) is 9.69. The molecular formula is C10H16N4O5S2. The third-order valence-electron chi connectivity index (χ3n) is 2.62. The highest BCUT2D eigenvalue weighted by atomic mass is 32.2. The van der Waals surface area contributed by atoms with Crippen molar-refractivity contribution in [2.75, 3.05) is 24.0 Å². The van der Waals surface area contributed by atoms with E-state index in [1.165, 1.54) is 19.2 Å². The number of nitrogens with two attached hydrogens (primary N) is 1. The zero-order valence-corrected chi connectivity index (χ0v) is 13.1. The molecule has 0 fully saturated rings. The molecule has 4 N–H and O–H groups in total. The molecule has 0 aromatic heterocycles. The van der Waals surface area contributed by atoms with Crippen LogP contribution in [0.3, 0.4) is 0 Å². The summed E-state index contributed by atoms with van der Waals surface area (Å²) in [5.74, 6) is 5.33. The van der Waals surface area contributed by atoms with Gasteiger partial charge in [0.2, 0.25) is 10.0 Å². The van der Waals surface area contributed by atoms with E-state index in [2.05, 4.69) is 10.1 Å². The number of nitrogens with one attached hydrogen (secondary N) is 2. The molecule has 0 aliphatic heterocycles. The highest BCUT2D eigenvalue weighted by molar-refractivity contribution is 7.89. The number of hydrogen-bond donors (Lipinski definition) is 3. The van der Waals surface area contributed by atoms with Gasteiger partial charge in [0, 0.05) is 35.4 Å². The van der Waals surface area contributed by atoms with Gasteiger partial charge in [-0.3, -0.25) is 20.2 Å². The Morgan fingerprint density at radius 2 is 2.05 bits per heavy atom. The summed E-state index contributed by atoms with van der Waals surface area (Å²) in [6, 6.07) is 2.22. The van der Waals surface area contributed by atoms with E-state index in [0.717, 1.165) is 6.07 Å². The van der Waals surface area contributed by atoms with Crippen LogP contribution in [0.25, 0.3) is 0 Å². The Bertz CT molecular complexity index is 674. The van der Waals surface area contributed by atoms with Crippen molar-refractivity contribution in [1.82, 2.24) is 4.72 Å². The Balaban J connectivity index is 3.20. The van der Waals surface area contributed by atoms with Crippen LogP contribution in [0.4, 0.5) is 11.4 Å². The van der Waals surface area contributed by atoms with Gasteiger partial charge in [0.15, 0.2) is 0 Å². The van der Waals surface area contributed by atoms with Crippen LogP contribution in [0.2, 0.25) is 0 Å². The second kappa shape index (κ2) is 6.93. The lowest BCUT2D eigenvalue weighted by atomic mass is 10.2. The van der Waals surface area contributed by atoms with Crippen molar-refractivity contribution in [3.63, 3.8) is 0 Å². The normalized spacial score (nSPS) is 12.9. The molecule has 0 aliphatic carbocycles. The lowest BCUT2D eigenvalue weighted by Crippen LogP contribution is -2.28. The third kappa shape index (κ3) is 4.46. The number of nitro benzene ring substituents is 1. The van der Waals surface area contributed by atoms with E-state index >= 15 is 0 Å². The van der Waals surface area contributed by atoms with E-state index < -0.39 is 31.4 Å². The number of aryl methyl sites for hydroxylation is 1. The molecule has 11 heteroatoms. The molecule has 118 valence electrons. The SMILES string of the molecule is Cc1cc(NN)c([N+](=O)[O-])cc1S(=O)(=O)NCCS(C)=O. The minimum atomic E-state index is -3.93. The summed E-state index contributed by atoms with van der Waals surface area (Å²) in [6.45, 7) is 1.48. The number of hydrazine groups is 1. The van der Waals surface area contributed by atoms with Gasteiger partial charge in [0.1, 0.15) is 5.69 Å². The Labute approximate surface area is 124 Å². The Hall–Kier alpha value is -1.56. The summed E-state index contributed by atoms with van der Waals surface area (Å²) in [4.78, 5) is 9.99. The maximum atomic E-state index is 12.1. The molecule has 1 rings (SSSR count). The van der Waals surface area contributed by atoms with Gasteiger partial charge < -0.3 is 5.43 Å². The summed E-state index contributed by atoms with van der Waals surface area (Å²) in [5.41, 5.74) is 2.04. The molecule has 0 heterocycles. The first kappa shape index (κ1) is 17.5. The molecule has 0 spiro atoms. The van der Waals surface area contributed by atoms with Gasteiger partial charge in [0.05, 0.1) is 9.82 Å². The minimum absolute atomic E-state index is 0.0183. The number of sulfonamides is 1. The molecule has 9 nitrogen and oxygen atoms in total. The standard InChI is InChI=1S/C10H16N4O5S2/c1-7-5-8(13-11)9(14(15)16)6-10(7)21(18,19)12-3-4-20(2)17/h5-6,12-13H,3-4,11H2,1-2H3. The molecule has 1 aromatic rings. The smallest absolute Gasteiger partial charge is 0.295 e. The van der Waals surface area contributed by atoms with Crippen molar-refractivity contribution >= 4 is 32.2 Å². The van der Waals surface area contributed by atoms with Crippen molar-refractivity contribution in [3.05, 3.63) is 27.8 Å². The number of rotatable bonds is 7. The van der Waals surface area contributed by atoms with Crippen LogP contribution in [0, 0.1) is 17.0 Å². The van der Waals surface area contributed by atoms with Gasteiger partial charge in [-0.1, -0.05) is 0 Å². The highest BCUT2D eigenvalue weighted by Gasteiger charge is 2.23. The van der Waals surface area contributed by atoms with Gasteiger partial charge in [-0.05, 0) is 18.6 Å². The van der Waals surface area contributed by atoms with E-state index in [0.29, 0.717) is 5.56 Å². The predicted molar refractivity (Wildman–Crippen MR) is 79.8 cm³/mol. The first-order valence-electron chi connectivity index (χ1n) is 5.74. The van der Waals surface area contributed by atoms with Crippen molar-refractivity contribution in [2.24, 2.45) is 5.84 Å². The van der Waals surface area contributed by atoms with Crippen molar-refractivity contribution in [1.29, 1.82) is 0 Å². The van der Waals surface area contributed by atoms with E-state index in [1.807, 2.05) is 0 Å². The lowest BCUT2D eigenvalue weighted by Gasteiger charge is -2.11. The van der Waals surface area contributed by atoms with Crippen LogP contribution in [-0.2, 0) is 20.8 Å². The molecule has 0 aliphatic rings. The van der Waals surface area contributed by atoms with Crippen LogP contribution in [0.15, 0.2) is 17.0 Å². The van der Waals surface area contributed by atoms with E-state index in [9.17, 15) is 22.7 Å². The predicted octanol–water partition coefficient (Wildman–Crippen LogP) is -0.154. The number of nitro groups is 1. The molecule has 1 aromatic carbocycles. The number of benzene rings is 1. The zero-order valence-electron chi connectivity index (χ0n) is 11.5. The summed E-state index contributed by atoms with van der Waals surface area (Å²) >= 11 is 0. The topological polar surface area (TPSA) is 144 Å². The average molecular weight is 336 g/mol. The second-order valence-electron chi connectivity index (χ2n) is 4.21. The molecule has 0 radical (unpaired) electrons. The maximum absolute atomic E-state index is 12.1. The van der Waals surface area contributed by atoms with Crippen molar-refractivity contribution in [3.8, 4) is 0 Å². The third-order valence-corrected chi connectivity index (χ3v) is 5.00. The fourth-order valence-electron chi connectivity index (χ4n) is 1.63. The van der Waals surface area contributed by atoms with E-state index in [-0.39, 0.29) is 22.9 Å². The molecule has 1 atom stereocenters. The fraction of sp³-hybridized carbons (Fsp3) is 0.400. The van der Waals surface area contributed by atoms with Crippen LogP contribution in [0.5, 0.6) is 0 Å². The number of hydrogen-bond acceptors (Lipinski definition) is 7. The maximum Gasteiger partial charge on any atom is 0.295 e. The largest absolute Gasteiger partial charge is 0.318 e. The lowest BCUT2D eigenvalue weighted by molar-refractivity contribution is -0.384. The van der Waals surface area contributed by atoms with Gasteiger partial charge in [-0.25, -0.2) is 13.1 Å². The summed E-state index contributed by atoms with van der Waals surface area (Å²) in [7, 11) is -5.07. The molecular weight excluding hydrogens is 320 g/mol. The number of nitrogen functional groups attached to an aromatic ring is 1. The van der Waals surface area contributed by atoms with Crippen LogP contribution < -0.4 is 16.0 Å². The number of nitrogens with zero attached hydrogens (tertiary/aromatic N) is 1. The summed E-state index contributed by atoms with van der Waals surface area (Å²) < 4.78 is 37.4. The monoisotopic (exact) mass is 336 g/mol. The average Bonchev–Trinajstić information content (AvgIpc) is 2.36. The Morgan fingerprint density at radius 3 is 2.52 bits per heavy atom. The van der Waals surface area contributed by atoms with E-state index in [4.69, 9.17) is 5.84 Å². The van der Waals surface area contributed by atoms with Gasteiger partial charge >= 0.3 is 0 Å². The second-order valence-corrected chi connectivity index (χ2v) is 7.50. The zero-order chi connectivity index (χ0) is 16.2. The van der Waals surface area contributed by atoms with Crippen LogP contribution in [-0.4, -0.2) is 36.1 Å². The summed E-state index contributed by atoms with van der Waals surface area (Å²) in [6.07, 6.45) is 1.45.